The fraction of sp³-hybridized carbons (Fsp3) is 0.714. The van der Waals surface area contributed by atoms with Crippen LogP contribution in [0.1, 0.15) is 47.5 Å². The highest BCUT2D eigenvalue weighted by molar-refractivity contribution is 7.48. The third-order valence-electron chi connectivity index (χ3n) is 2.35. The van der Waals surface area contributed by atoms with E-state index in [0.717, 1.165) is 12.8 Å². The molecule has 0 heterocycles. The second-order valence-corrected chi connectivity index (χ2v) is 6.17. The summed E-state index contributed by atoms with van der Waals surface area (Å²) in [6.45, 7) is 10.4. The molecule has 0 saturated carbocycles. The third-order valence-corrected chi connectivity index (χ3v) is 3.87. The van der Waals surface area contributed by atoms with Crippen molar-refractivity contribution in [3.63, 3.8) is 0 Å². The van der Waals surface area contributed by atoms with Gasteiger partial charge in [-0.15, -0.1) is 0 Å². The highest BCUT2D eigenvalue weighted by atomic mass is 31.2. The fourth-order valence-corrected chi connectivity index (χ4v) is 2.44. The topological polar surface area (TPSA) is 44.8 Å². The molecule has 4 nitrogen and oxygen atoms in total. The molecule has 0 amide bonds. The lowest BCUT2D eigenvalue weighted by atomic mass is 10.1. The molecule has 0 bridgehead atoms. The van der Waals surface area contributed by atoms with Gasteiger partial charge in [0.2, 0.25) is 0 Å². The number of phosphoric acid groups is 1. The van der Waals surface area contributed by atoms with Gasteiger partial charge >= 0.3 is 7.82 Å². The molecule has 0 aliphatic carbocycles. The Labute approximate surface area is 117 Å². The zero-order valence-corrected chi connectivity index (χ0v) is 13.6. The van der Waals surface area contributed by atoms with Crippen LogP contribution in [0.3, 0.4) is 0 Å². The summed E-state index contributed by atoms with van der Waals surface area (Å²) in [7, 11) is -3.42. The minimum atomic E-state index is -3.42. The Morgan fingerprint density at radius 1 is 1.21 bits per heavy atom. The number of phosphoric ester groups is 1. The van der Waals surface area contributed by atoms with E-state index in [0.29, 0.717) is 19.1 Å². The lowest BCUT2D eigenvalue weighted by molar-refractivity contribution is 0.153. The second kappa shape index (κ2) is 10.2. The molecule has 0 aromatic carbocycles. The first-order valence-electron chi connectivity index (χ1n) is 6.81. The van der Waals surface area contributed by atoms with Gasteiger partial charge in [0.15, 0.2) is 0 Å². The molecule has 112 valence electrons. The van der Waals surface area contributed by atoms with Crippen molar-refractivity contribution in [3.05, 3.63) is 24.0 Å². The second-order valence-electron chi connectivity index (χ2n) is 4.55. The van der Waals surface area contributed by atoms with Gasteiger partial charge in [-0.05, 0) is 52.5 Å². The highest BCUT2D eigenvalue weighted by Gasteiger charge is 2.24. The lowest BCUT2D eigenvalue weighted by Crippen LogP contribution is -1.97. The van der Waals surface area contributed by atoms with Gasteiger partial charge in [0, 0.05) is 0 Å². The SMILES string of the molecule is CCOP(=O)(O/C=C/C(C)CCC=C(C)C)OCC. The van der Waals surface area contributed by atoms with E-state index in [2.05, 4.69) is 26.8 Å². The van der Waals surface area contributed by atoms with Gasteiger partial charge < -0.3 is 4.52 Å². The molecule has 0 fully saturated rings. The molecular weight excluding hydrogens is 263 g/mol. The molecule has 0 aromatic heterocycles. The molecule has 1 unspecified atom stereocenters. The number of rotatable bonds is 10. The van der Waals surface area contributed by atoms with Crippen LogP contribution in [0.25, 0.3) is 0 Å². The van der Waals surface area contributed by atoms with Crippen molar-refractivity contribution in [2.45, 2.75) is 47.5 Å². The predicted octanol–water partition coefficient (Wildman–Crippen LogP) is 5.08. The number of allylic oxidation sites excluding steroid dienone is 3. The van der Waals surface area contributed by atoms with E-state index in [-0.39, 0.29) is 0 Å². The lowest BCUT2D eigenvalue weighted by Gasteiger charge is -2.14. The minimum absolute atomic E-state index is 0.293. The Bertz CT molecular complexity index is 322. The van der Waals surface area contributed by atoms with Crippen LogP contribution in [0.15, 0.2) is 24.0 Å². The maximum Gasteiger partial charge on any atom is 0.529 e. The van der Waals surface area contributed by atoms with Crippen LogP contribution in [0, 0.1) is 5.92 Å². The summed E-state index contributed by atoms with van der Waals surface area (Å²) >= 11 is 0. The zero-order valence-electron chi connectivity index (χ0n) is 12.7. The molecule has 0 saturated heterocycles. The van der Waals surface area contributed by atoms with Crippen molar-refractivity contribution in [2.75, 3.05) is 13.2 Å². The van der Waals surface area contributed by atoms with Crippen LogP contribution in [0.5, 0.6) is 0 Å². The summed E-state index contributed by atoms with van der Waals surface area (Å²) in [4.78, 5) is 0. The Morgan fingerprint density at radius 2 is 1.79 bits per heavy atom. The van der Waals surface area contributed by atoms with Crippen molar-refractivity contribution < 1.29 is 18.1 Å². The van der Waals surface area contributed by atoms with Gasteiger partial charge in [-0.2, -0.15) is 0 Å². The number of hydrogen-bond donors (Lipinski definition) is 0. The molecule has 0 radical (unpaired) electrons. The Morgan fingerprint density at radius 3 is 2.26 bits per heavy atom. The quantitative estimate of drug-likeness (QED) is 0.320. The standard InChI is InChI=1S/C14H27O4P/c1-6-16-19(15,17-7-2)18-12-11-14(5)10-8-9-13(3)4/h9,11-12,14H,6-8,10H2,1-5H3/b12-11+. The Hall–Kier alpha value is -0.570. The van der Waals surface area contributed by atoms with Crippen molar-refractivity contribution >= 4 is 7.82 Å². The van der Waals surface area contributed by atoms with Crippen LogP contribution in [0.2, 0.25) is 0 Å². The summed E-state index contributed by atoms with van der Waals surface area (Å²) in [6.07, 6.45) is 7.57. The molecule has 0 aromatic rings. The van der Waals surface area contributed by atoms with Crippen LogP contribution in [-0.2, 0) is 18.1 Å². The van der Waals surface area contributed by atoms with E-state index < -0.39 is 7.82 Å². The van der Waals surface area contributed by atoms with E-state index in [4.69, 9.17) is 13.6 Å². The summed E-state index contributed by atoms with van der Waals surface area (Å²) in [5.74, 6) is 0.354. The third kappa shape index (κ3) is 9.94. The van der Waals surface area contributed by atoms with Gasteiger partial charge in [0.25, 0.3) is 0 Å². The normalized spacial score (nSPS) is 13.5. The minimum Gasteiger partial charge on any atom is -0.412 e. The monoisotopic (exact) mass is 290 g/mol. The van der Waals surface area contributed by atoms with Crippen LogP contribution < -0.4 is 0 Å². The van der Waals surface area contributed by atoms with E-state index in [1.165, 1.54) is 11.8 Å². The highest BCUT2D eigenvalue weighted by Crippen LogP contribution is 2.49. The van der Waals surface area contributed by atoms with Crippen LogP contribution in [0.4, 0.5) is 0 Å². The summed E-state index contributed by atoms with van der Waals surface area (Å²) in [5.41, 5.74) is 1.32. The Balaban J connectivity index is 4.16. The van der Waals surface area contributed by atoms with Gasteiger partial charge in [-0.25, -0.2) is 4.57 Å². The van der Waals surface area contributed by atoms with Gasteiger partial charge in [0.1, 0.15) is 0 Å². The molecule has 0 spiro atoms. The smallest absolute Gasteiger partial charge is 0.412 e. The van der Waals surface area contributed by atoms with Crippen molar-refractivity contribution in [1.82, 2.24) is 0 Å². The van der Waals surface area contributed by atoms with Crippen LogP contribution in [-0.4, -0.2) is 13.2 Å². The molecule has 5 heteroatoms. The first-order chi connectivity index (χ1) is 8.93. The maximum absolute atomic E-state index is 12.0. The molecule has 19 heavy (non-hydrogen) atoms. The fourth-order valence-electron chi connectivity index (χ4n) is 1.39. The van der Waals surface area contributed by atoms with Crippen molar-refractivity contribution in [3.8, 4) is 0 Å². The van der Waals surface area contributed by atoms with Gasteiger partial charge in [0.05, 0.1) is 19.5 Å². The Kier molecular flexibility index (Phi) is 9.94. The van der Waals surface area contributed by atoms with Gasteiger partial charge in [-0.3, -0.25) is 9.05 Å². The first kappa shape index (κ1) is 18.4. The summed E-state index contributed by atoms with van der Waals surface area (Å²) in [6, 6.07) is 0. The average molecular weight is 290 g/mol. The molecule has 0 aliphatic rings. The van der Waals surface area contributed by atoms with Crippen molar-refractivity contribution in [2.24, 2.45) is 5.92 Å². The average Bonchev–Trinajstić information content (AvgIpc) is 2.28. The van der Waals surface area contributed by atoms with Crippen molar-refractivity contribution in [1.29, 1.82) is 0 Å². The zero-order chi connectivity index (χ0) is 14.7. The molecule has 1 atom stereocenters. The van der Waals surface area contributed by atoms with E-state index in [9.17, 15) is 4.57 Å². The molecule has 0 rings (SSSR count). The summed E-state index contributed by atoms with van der Waals surface area (Å²) < 4.78 is 27.1. The predicted molar refractivity (Wildman–Crippen MR) is 78.9 cm³/mol. The van der Waals surface area contributed by atoms with E-state index in [1.54, 1.807) is 13.8 Å². The van der Waals surface area contributed by atoms with E-state index in [1.807, 2.05) is 6.08 Å². The molecular formula is C14H27O4P. The largest absolute Gasteiger partial charge is 0.529 e. The van der Waals surface area contributed by atoms with Crippen LogP contribution >= 0.6 is 7.82 Å². The molecule has 0 aliphatic heterocycles. The maximum atomic E-state index is 12.0. The van der Waals surface area contributed by atoms with Gasteiger partial charge in [-0.1, -0.05) is 18.6 Å². The molecule has 0 N–H and O–H groups in total. The number of hydrogen-bond acceptors (Lipinski definition) is 4. The summed E-state index contributed by atoms with van der Waals surface area (Å²) in [5, 5.41) is 0. The van der Waals surface area contributed by atoms with E-state index >= 15 is 0 Å². The first-order valence-corrected chi connectivity index (χ1v) is 8.27.